The number of ether oxygens (including phenoxy) is 2. The lowest BCUT2D eigenvalue weighted by Gasteiger charge is -2.45. The molecule has 5 N–H and O–H groups in total. The Morgan fingerprint density at radius 1 is 1.55 bits per heavy atom. The van der Waals surface area contributed by atoms with Gasteiger partial charge in [-0.15, -0.1) is 6.42 Å². The molecule has 1 rings (SSSR count). The normalized spacial score (nSPS) is 34.6. The lowest BCUT2D eigenvalue weighted by atomic mass is 9.81. The van der Waals surface area contributed by atoms with Gasteiger partial charge in [0, 0.05) is 12.3 Å². The molecule has 0 aromatic rings. The number of terminal acetylenes is 1. The molecule has 1 aliphatic rings. The molecule has 22 heavy (non-hydrogen) atoms. The van der Waals surface area contributed by atoms with Crippen LogP contribution in [0.1, 0.15) is 13.3 Å². The van der Waals surface area contributed by atoms with Crippen molar-refractivity contribution in [3.8, 4) is 12.3 Å². The van der Waals surface area contributed by atoms with Crippen molar-refractivity contribution in [2.75, 3.05) is 19.8 Å². The van der Waals surface area contributed by atoms with Crippen molar-refractivity contribution in [2.24, 2.45) is 5.92 Å². The molecule has 1 saturated heterocycles. The van der Waals surface area contributed by atoms with Gasteiger partial charge >= 0.3 is 5.97 Å². The predicted molar refractivity (Wildman–Crippen MR) is 73.8 cm³/mol. The predicted octanol–water partition coefficient (Wildman–Crippen LogP) is -2.04. The minimum Gasteiger partial charge on any atom is -0.479 e. The van der Waals surface area contributed by atoms with E-state index in [0.29, 0.717) is 0 Å². The van der Waals surface area contributed by atoms with Gasteiger partial charge in [-0.25, -0.2) is 4.79 Å². The van der Waals surface area contributed by atoms with Crippen LogP contribution in [0.5, 0.6) is 0 Å². The summed E-state index contributed by atoms with van der Waals surface area (Å²) in [5.74, 6) is 0.177. The monoisotopic (exact) mass is 318 g/mol. The maximum atomic E-state index is 11.6. The number of carbonyl (C=O) groups is 1. The molecule has 1 heterocycles. The van der Waals surface area contributed by atoms with E-state index in [1.54, 1.807) is 6.92 Å². The Morgan fingerprint density at radius 2 is 2.18 bits per heavy atom. The van der Waals surface area contributed by atoms with E-state index in [1.807, 2.05) is 0 Å². The van der Waals surface area contributed by atoms with Crippen molar-refractivity contribution in [1.29, 1.82) is 0 Å². The van der Waals surface area contributed by atoms with E-state index < -0.39 is 55.1 Å². The van der Waals surface area contributed by atoms with Crippen LogP contribution in [-0.2, 0) is 14.3 Å². The molecule has 0 aliphatic carbocycles. The second-order valence-corrected chi connectivity index (χ2v) is 5.45. The number of aliphatic carboxylic acids is 1. The van der Waals surface area contributed by atoms with Crippen molar-refractivity contribution in [3.63, 3.8) is 0 Å². The van der Waals surface area contributed by atoms with Gasteiger partial charge in [-0.1, -0.05) is 12.8 Å². The smallest absolute Gasteiger partial charge is 0.338 e. The molecule has 126 valence electrons. The van der Waals surface area contributed by atoms with Gasteiger partial charge < -0.3 is 35.0 Å². The first-order valence-corrected chi connectivity index (χ1v) is 6.86. The van der Waals surface area contributed by atoms with Crippen LogP contribution in [0, 0.1) is 18.3 Å². The van der Waals surface area contributed by atoms with E-state index in [-0.39, 0.29) is 13.0 Å². The van der Waals surface area contributed by atoms with Gasteiger partial charge in [0.2, 0.25) is 0 Å². The van der Waals surface area contributed by atoms with Gasteiger partial charge in [-0.2, -0.15) is 0 Å². The summed E-state index contributed by atoms with van der Waals surface area (Å²) in [4.78, 5) is 11.6. The highest BCUT2D eigenvalue weighted by Crippen LogP contribution is 2.35. The fraction of sp³-hybridized carbons (Fsp3) is 0.786. The largest absolute Gasteiger partial charge is 0.479 e. The second-order valence-electron chi connectivity index (χ2n) is 5.45. The van der Waals surface area contributed by atoms with Gasteiger partial charge in [0.1, 0.15) is 18.8 Å². The minimum absolute atomic E-state index is 0.128. The number of hydrogen-bond acceptors (Lipinski definition) is 7. The average Bonchev–Trinajstić information content (AvgIpc) is 2.49. The van der Waals surface area contributed by atoms with Crippen LogP contribution in [0.4, 0.5) is 0 Å². The van der Waals surface area contributed by atoms with Crippen LogP contribution in [-0.4, -0.2) is 81.3 Å². The van der Waals surface area contributed by atoms with Crippen molar-refractivity contribution < 1.29 is 39.8 Å². The maximum Gasteiger partial charge on any atom is 0.338 e. The highest BCUT2D eigenvalue weighted by atomic mass is 16.6. The number of carboxylic acid groups (broad SMARTS) is 1. The fourth-order valence-corrected chi connectivity index (χ4v) is 2.43. The van der Waals surface area contributed by atoms with E-state index in [9.17, 15) is 25.2 Å². The molecule has 1 fully saturated rings. The molecule has 0 spiro atoms. The van der Waals surface area contributed by atoms with Gasteiger partial charge in [0.15, 0.2) is 5.60 Å². The highest BCUT2D eigenvalue weighted by molar-refractivity contribution is 5.78. The van der Waals surface area contributed by atoms with Crippen molar-refractivity contribution in [3.05, 3.63) is 0 Å². The quantitative estimate of drug-likeness (QED) is 0.267. The molecule has 1 unspecified atom stereocenters. The molecular formula is C14H22O8. The summed E-state index contributed by atoms with van der Waals surface area (Å²) in [5, 5.41) is 48.0. The second kappa shape index (κ2) is 7.87. The molecule has 0 aromatic heterocycles. The first-order chi connectivity index (χ1) is 10.3. The van der Waals surface area contributed by atoms with E-state index in [4.69, 9.17) is 21.0 Å². The van der Waals surface area contributed by atoms with Crippen LogP contribution in [0.15, 0.2) is 0 Å². The zero-order chi connectivity index (χ0) is 16.9. The van der Waals surface area contributed by atoms with Crippen LogP contribution < -0.4 is 0 Å². The lowest BCUT2D eigenvalue weighted by Crippen LogP contribution is -2.61. The van der Waals surface area contributed by atoms with Crippen molar-refractivity contribution in [1.82, 2.24) is 0 Å². The Morgan fingerprint density at radius 3 is 2.68 bits per heavy atom. The topological polar surface area (TPSA) is 137 Å². The third-order valence-corrected chi connectivity index (χ3v) is 3.85. The van der Waals surface area contributed by atoms with Crippen molar-refractivity contribution in [2.45, 2.75) is 43.4 Å². The zero-order valence-electron chi connectivity index (χ0n) is 12.3. The summed E-state index contributed by atoms with van der Waals surface area (Å²) in [6.07, 6.45) is -0.560. The van der Waals surface area contributed by atoms with Crippen molar-refractivity contribution >= 4 is 5.97 Å². The Balaban J connectivity index is 2.99. The summed E-state index contributed by atoms with van der Waals surface area (Å²) in [5.41, 5.74) is -1.89. The van der Waals surface area contributed by atoms with Gasteiger partial charge in [-0.05, 0) is 0 Å². The van der Waals surface area contributed by atoms with Crippen LogP contribution in [0.25, 0.3) is 0 Å². The number of aliphatic hydroxyl groups excluding tert-OH is 4. The van der Waals surface area contributed by atoms with E-state index >= 15 is 0 Å². The van der Waals surface area contributed by atoms with E-state index in [2.05, 4.69) is 5.92 Å². The number of rotatable bonds is 7. The Kier molecular flexibility index (Phi) is 6.74. The summed E-state index contributed by atoms with van der Waals surface area (Å²) in [6.45, 7) is 0.291. The van der Waals surface area contributed by atoms with Gasteiger partial charge in [0.25, 0.3) is 0 Å². The highest BCUT2D eigenvalue weighted by Gasteiger charge is 2.53. The Bertz CT molecular complexity index is 420. The SMILES string of the molecule is C#CCOC[C@]1(C(=O)O)C[C@@H](O)[C@@H](C)C([C@H](O)[C@H](O)CO)O1. The third-order valence-electron chi connectivity index (χ3n) is 3.85. The van der Waals surface area contributed by atoms with Crippen LogP contribution >= 0.6 is 0 Å². The van der Waals surface area contributed by atoms with Crippen LogP contribution in [0.2, 0.25) is 0 Å². The zero-order valence-corrected chi connectivity index (χ0v) is 12.3. The van der Waals surface area contributed by atoms with Gasteiger partial charge in [-0.3, -0.25) is 0 Å². The third kappa shape index (κ3) is 3.95. The average molecular weight is 318 g/mol. The maximum absolute atomic E-state index is 11.6. The Hall–Kier alpha value is -1.21. The number of hydrogen-bond donors (Lipinski definition) is 5. The lowest BCUT2D eigenvalue weighted by molar-refractivity contribution is -0.247. The molecule has 8 heteroatoms. The molecule has 0 radical (unpaired) electrons. The first-order valence-electron chi connectivity index (χ1n) is 6.86. The van der Waals surface area contributed by atoms with Gasteiger partial charge in [0.05, 0.1) is 25.4 Å². The number of aliphatic hydroxyl groups is 4. The summed E-state index contributed by atoms with van der Waals surface area (Å²) < 4.78 is 10.5. The molecule has 1 aliphatic heterocycles. The molecule has 0 bridgehead atoms. The molecule has 6 atom stereocenters. The standard InChI is InChI=1S/C14H22O8/c1-3-4-21-7-14(13(19)20)5-9(16)8(2)12(22-14)11(18)10(17)6-15/h1,8-12,15-18H,4-7H2,2H3,(H,19,20)/t8-,9-,10-,11-,12?,14+/m1/s1. The van der Waals surface area contributed by atoms with E-state index in [0.717, 1.165) is 0 Å². The number of carboxylic acids is 1. The molecule has 0 aromatic carbocycles. The fourth-order valence-electron chi connectivity index (χ4n) is 2.43. The summed E-state index contributed by atoms with van der Waals surface area (Å²) in [6, 6.07) is 0. The molecule has 0 saturated carbocycles. The van der Waals surface area contributed by atoms with Crippen LogP contribution in [0.3, 0.4) is 0 Å². The summed E-state index contributed by atoms with van der Waals surface area (Å²) in [7, 11) is 0. The minimum atomic E-state index is -1.89. The summed E-state index contributed by atoms with van der Waals surface area (Å²) >= 11 is 0. The molecule has 0 amide bonds. The van der Waals surface area contributed by atoms with E-state index in [1.165, 1.54) is 0 Å². The Labute approximate surface area is 128 Å². The molecule has 8 nitrogen and oxygen atoms in total. The molecular weight excluding hydrogens is 296 g/mol. The first kappa shape index (κ1) is 18.8.